The van der Waals surface area contributed by atoms with Gasteiger partial charge in [0.05, 0.1) is 16.8 Å². The average molecular weight is 473 g/mol. The number of nitrogens with one attached hydrogen (secondary N) is 1. The SMILES string of the molecule is CC1(C)OB(C(=Cc2cc(F)c(F)cc2C(=O)O)CNC(=O)OCc2ccccc2)OC1(C)C. The van der Waals surface area contributed by atoms with Gasteiger partial charge in [-0.1, -0.05) is 36.4 Å². The molecular weight excluding hydrogens is 447 g/mol. The summed E-state index contributed by atoms with van der Waals surface area (Å²) in [4.78, 5) is 23.9. The predicted octanol–water partition coefficient (Wildman–Crippen LogP) is 4.60. The minimum absolute atomic E-state index is 0.0501. The highest BCUT2D eigenvalue weighted by molar-refractivity contribution is 6.56. The maximum atomic E-state index is 13.9. The Balaban J connectivity index is 1.86. The van der Waals surface area contributed by atoms with Crippen LogP contribution in [0.25, 0.3) is 6.08 Å². The van der Waals surface area contributed by atoms with Crippen LogP contribution in [0.15, 0.2) is 47.9 Å². The van der Waals surface area contributed by atoms with Crippen molar-refractivity contribution >= 4 is 25.3 Å². The number of ether oxygens (including phenoxy) is 1. The Bertz CT molecular complexity index is 1090. The highest BCUT2D eigenvalue weighted by Gasteiger charge is 2.52. The van der Waals surface area contributed by atoms with E-state index in [0.29, 0.717) is 11.5 Å². The van der Waals surface area contributed by atoms with Gasteiger partial charge in [-0.3, -0.25) is 0 Å². The van der Waals surface area contributed by atoms with E-state index in [1.807, 2.05) is 45.9 Å². The topological polar surface area (TPSA) is 94.1 Å². The van der Waals surface area contributed by atoms with Crippen molar-refractivity contribution in [1.82, 2.24) is 5.32 Å². The third kappa shape index (κ3) is 5.81. The van der Waals surface area contributed by atoms with Gasteiger partial charge in [0.25, 0.3) is 0 Å². The van der Waals surface area contributed by atoms with Crippen molar-refractivity contribution in [2.45, 2.75) is 45.5 Å². The van der Waals surface area contributed by atoms with Crippen LogP contribution in [0.3, 0.4) is 0 Å². The summed E-state index contributed by atoms with van der Waals surface area (Å²) in [6, 6.07) is 10.5. The summed E-state index contributed by atoms with van der Waals surface area (Å²) >= 11 is 0. The van der Waals surface area contributed by atoms with Crippen molar-refractivity contribution in [3.63, 3.8) is 0 Å². The van der Waals surface area contributed by atoms with Gasteiger partial charge in [0, 0.05) is 6.54 Å². The predicted molar refractivity (Wildman–Crippen MR) is 122 cm³/mol. The molecule has 10 heteroatoms. The lowest BCUT2D eigenvalue weighted by Gasteiger charge is -2.32. The Labute approximate surface area is 196 Å². The Kier molecular flexibility index (Phi) is 7.43. The first-order chi connectivity index (χ1) is 15.9. The van der Waals surface area contributed by atoms with E-state index in [1.54, 1.807) is 12.1 Å². The summed E-state index contributed by atoms with van der Waals surface area (Å²) in [6.45, 7) is 7.20. The number of aromatic carboxylic acids is 1. The average Bonchev–Trinajstić information content (AvgIpc) is 2.99. The van der Waals surface area contributed by atoms with Crippen LogP contribution in [-0.4, -0.2) is 42.0 Å². The summed E-state index contributed by atoms with van der Waals surface area (Å²) in [7, 11) is -0.978. The molecule has 0 bridgehead atoms. The monoisotopic (exact) mass is 473 g/mol. The van der Waals surface area contributed by atoms with E-state index < -0.39 is 47.6 Å². The van der Waals surface area contributed by atoms with Gasteiger partial charge in [-0.15, -0.1) is 0 Å². The maximum absolute atomic E-state index is 13.9. The van der Waals surface area contributed by atoms with E-state index in [-0.39, 0.29) is 18.7 Å². The molecule has 1 heterocycles. The first-order valence-corrected chi connectivity index (χ1v) is 10.6. The second kappa shape index (κ2) is 9.94. The quantitative estimate of drug-likeness (QED) is 0.571. The molecule has 3 rings (SSSR count). The minimum Gasteiger partial charge on any atom is -0.478 e. The van der Waals surface area contributed by atoms with Crippen molar-refractivity contribution in [3.8, 4) is 0 Å². The van der Waals surface area contributed by atoms with Gasteiger partial charge in [0.1, 0.15) is 6.61 Å². The summed E-state index contributed by atoms with van der Waals surface area (Å²) in [6.07, 6.45) is 0.584. The lowest BCUT2D eigenvalue weighted by Crippen LogP contribution is -2.41. The third-order valence-corrected chi connectivity index (χ3v) is 5.87. The fourth-order valence-corrected chi connectivity index (χ4v) is 3.21. The normalized spacial score (nSPS) is 16.9. The lowest BCUT2D eigenvalue weighted by atomic mass is 9.76. The number of carbonyl (C=O) groups excluding carboxylic acids is 1. The number of alkyl carbamates (subject to hydrolysis) is 1. The number of hydrogen-bond donors (Lipinski definition) is 2. The first kappa shape index (κ1) is 25.4. The van der Waals surface area contributed by atoms with Gasteiger partial charge >= 0.3 is 19.2 Å². The second-order valence-corrected chi connectivity index (χ2v) is 8.88. The summed E-state index contributed by atoms with van der Waals surface area (Å²) in [5.41, 5.74) is -0.908. The summed E-state index contributed by atoms with van der Waals surface area (Å²) in [5.74, 6) is -3.93. The second-order valence-electron chi connectivity index (χ2n) is 8.88. The molecule has 34 heavy (non-hydrogen) atoms. The lowest BCUT2D eigenvalue weighted by molar-refractivity contribution is 0.00578. The number of halogens is 2. The standard InChI is InChI=1S/C24H26BF2NO6/c1-23(2)24(3,4)34-25(33-23)17(10-16-11-19(26)20(27)12-18(16)21(29)30)13-28-22(31)32-14-15-8-6-5-7-9-15/h5-12H,13-14H2,1-4H3,(H,28,31)(H,29,30). The molecule has 2 aromatic carbocycles. The zero-order valence-corrected chi connectivity index (χ0v) is 19.4. The molecular formula is C24H26BF2NO6. The van der Waals surface area contributed by atoms with Crippen LogP contribution in [0, 0.1) is 11.6 Å². The number of rotatable bonds is 7. The molecule has 0 unspecified atom stereocenters. The molecule has 0 aromatic heterocycles. The molecule has 180 valence electrons. The molecule has 2 N–H and O–H groups in total. The van der Waals surface area contributed by atoms with Crippen molar-refractivity contribution in [3.05, 3.63) is 76.3 Å². The first-order valence-electron chi connectivity index (χ1n) is 10.6. The van der Waals surface area contributed by atoms with E-state index in [4.69, 9.17) is 14.0 Å². The molecule has 1 aliphatic heterocycles. The van der Waals surface area contributed by atoms with Crippen LogP contribution in [0.2, 0.25) is 0 Å². The van der Waals surface area contributed by atoms with Gasteiger partial charge in [0.15, 0.2) is 11.6 Å². The molecule has 1 aliphatic rings. The van der Waals surface area contributed by atoms with Crippen molar-refractivity contribution < 1.29 is 37.5 Å². The van der Waals surface area contributed by atoms with Crippen molar-refractivity contribution in [2.75, 3.05) is 6.54 Å². The molecule has 1 saturated heterocycles. The van der Waals surface area contributed by atoms with Crippen LogP contribution in [0.5, 0.6) is 0 Å². The number of carboxylic acid groups (broad SMARTS) is 1. The van der Waals surface area contributed by atoms with Gasteiger partial charge < -0.3 is 24.5 Å². The largest absolute Gasteiger partial charge is 0.492 e. The van der Waals surface area contributed by atoms with Crippen LogP contribution in [0.1, 0.15) is 49.2 Å². The molecule has 0 aliphatic carbocycles. The molecule has 1 amide bonds. The Hall–Kier alpha value is -3.24. The molecule has 0 saturated carbocycles. The van der Waals surface area contributed by atoms with Crippen LogP contribution in [0.4, 0.5) is 13.6 Å². The molecule has 0 atom stereocenters. The number of carboxylic acids is 1. The van der Waals surface area contributed by atoms with Crippen LogP contribution >= 0.6 is 0 Å². The zero-order chi connectivity index (χ0) is 25.1. The number of benzene rings is 2. The van der Waals surface area contributed by atoms with Gasteiger partial charge in [-0.25, -0.2) is 18.4 Å². The smallest absolute Gasteiger partial charge is 0.478 e. The van der Waals surface area contributed by atoms with E-state index in [1.165, 1.54) is 6.08 Å². The molecule has 2 aromatic rings. The van der Waals surface area contributed by atoms with Gasteiger partial charge in [0.2, 0.25) is 0 Å². The van der Waals surface area contributed by atoms with E-state index in [2.05, 4.69) is 5.32 Å². The van der Waals surface area contributed by atoms with Crippen LogP contribution in [-0.2, 0) is 20.7 Å². The van der Waals surface area contributed by atoms with E-state index in [9.17, 15) is 23.5 Å². The highest BCUT2D eigenvalue weighted by atomic mass is 19.2. The molecule has 7 nitrogen and oxygen atoms in total. The molecule has 0 radical (unpaired) electrons. The summed E-state index contributed by atoms with van der Waals surface area (Å²) in [5, 5.41) is 12.0. The Morgan fingerprint density at radius 3 is 2.24 bits per heavy atom. The zero-order valence-electron chi connectivity index (χ0n) is 19.4. The highest BCUT2D eigenvalue weighted by Crippen LogP contribution is 2.39. The Morgan fingerprint density at radius 1 is 1.06 bits per heavy atom. The fourth-order valence-electron chi connectivity index (χ4n) is 3.21. The van der Waals surface area contributed by atoms with E-state index in [0.717, 1.165) is 11.6 Å². The van der Waals surface area contributed by atoms with Crippen LogP contribution < -0.4 is 5.32 Å². The van der Waals surface area contributed by atoms with Crippen molar-refractivity contribution in [1.29, 1.82) is 0 Å². The van der Waals surface area contributed by atoms with Gasteiger partial charge in [-0.05, 0) is 56.4 Å². The minimum atomic E-state index is -1.44. The molecule has 1 fully saturated rings. The number of hydrogen-bond acceptors (Lipinski definition) is 5. The molecule has 0 spiro atoms. The Morgan fingerprint density at radius 2 is 1.65 bits per heavy atom. The third-order valence-electron chi connectivity index (χ3n) is 5.87. The number of amides is 1. The van der Waals surface area contributed by atoms with Gasteiger partial charge in [-0.2, -0.15) is 0 Å². The summed E-state index contributed by atoms with van der Waals surface area (Å²) < 4.78 is 44.8. The fraction of sp³-hybridized carbons (Fsp3) is 0.333. The maximum Gasteiger partial charge on any atom is 0.492 e. The van der Waals surface area contributed by atoms with Crippen molar-refractivity contribution in [2.24, 2.45) is 0 Å². The number of carbonyl (C=O) groups is 2. The van der Waals surface area contributed by atoms with E-state index >= 15 is 0 Å².